The molecular formula is C13H21N3O. The third-order valence-corrected chi connectivity index (χ3v) is 4.32. The Hall–Kier alpha value is -0.870. The molecule has 1 saturated carbocycles. The summed E-state index contributed by atoms with van der Waals surface area (Å²) >= 11 is 0. The summed E-state index contributed by atoms with van der Waals surface area (Å²) in [7, 11) is 0. The third kappa shape index (κ3) is 2.24. The normalized spacial score (nSPS) is 28.9. The van der Waals surface area contributed by atoms with Crippen molar-refractivity contribution in [1.29, 1.82) is 0 Å². The van der Waals surface area contributed by atoms with E-state index in [9.17, 15) is 0 Å². The molecule has 1 unspecified atom stereocenters. The second-order valence-electron chi connectivity index (χ2n) is 5.61. The Bertz CT molecular complexity index is 357. The van der Waals surface area contributed by atoms with Crippen LogP contribution in [-0.4, -0.2) is 34.7 Å². The fraction of sp³-hybridized carbons (Fsp3) is 0.769. The summed E-state index contributed by atoms with van der Waals surface area (Å²) in [6, 6.07) is 2.55. The minimum absolute atomic E-state index is 0.385. The zero-order valence-corrected chi connectivity index (χ0v) is 10.5. The lowest BCUT2D eigenvalue weighted by molar-refractivity contribution is 0.0806. The van der Waals surface area contributed by atoms with Gasteiger partial charge in [0.1, 0.15) is 6.26 Å². The molecule has 0 bridgehead atoms. The van der Waals surface area contributed by atoms with Gasteiger partial charge in [-0.2, -0.15) is 0 Å². The Kier molecular flexibility index (Phi) is 2.92. The Balaban J connectivity index is 1.69. The monoisotopic (exact) mass is 235 g/mol. The van der Waals surface area contributed by atoms with Crippen LogP contribution in [0.5, 0.6) is 0 Å². The topological polar surface area (TPSA) is 41.3 Å². The molecular weight excluding hydrogens is 214 g/mol. The molecule has 2 heterocycles. The number of aromatic nitrogens is 1. The van der Waals surface area contributed by atoms with E-state index in [1.807, 2.05) is 6.07 Å². The van der Waals surface area contributed by atoms with Gasteiger partial charge in [0.25, 0.3) is 0 Å². The highest BCUT2D eigenvalue weighted by atomic mass is 16.5. The summed E-state index contributed by atoms with van der Waals surface area (Å²) in [6.07, 6.45) is 7.07. The summed E-state index contributed by atoms with van der Waals surface area (Å²) in [6.45, 7) is 5.45. The quantitative estimate of drug-likeness (QED) is 0.848. The van der Waals surface area contributed by atoms with Gasteiger partial charge in [-0.25, -0.2) is 0 Å². The first kappa shape index (κ1) is 11.2. The first-order valence-corrected chi connectivity index (χ1v) is 6.66. The van der Waals surface area contributed by atoms with Crippen LogP contribution in [0.3, 0.4) is 0 Å². The molecule has 1 N–H and O–H groups in total. The summed E-state index contributed by atoms with van der Waals surface area (Å²) < 4.78 is 4.92. The molecule has 4 heteroatoms. The van der Waals surface area contributed by atoms with Gasteiger partial charge in [-0.1, -0.05) is 18.0 Å². The number of hydrogen-bond acceptors (Lipinski definition) is 4. The predicted molar refractivity (Wildman–Crippen MR) is 65.6 cm³/mol. The molecule has 4 nitrogen and oxygen atoms in total. The molecule has 2 aliphatic rings. The Labute approximate surface area is 102 Å². The smallest absolute Gasteiger partial charge is 0.124 e. The zero-order valence-electron chi connectivity index (χ0n) is 10.5. The van der Waals surface area contributed by atoms with Gasteiger partial charge >= 0.3 is 0 Å². The first-order valence-electron chi connectivity index (χ1n) is 6.66. The molecule has 1 saturated heterocycles. The lowest BCUT2D eigenvalue weighted by atomic mass is 9.92. The first-order chi connectivity index (χ1) is 8.27. The van der Waals surface area contributed by atoms with Crippen molar-refractivity contribution in [3.05, 3.63) is 18.0 Å². The summed E-state index contributed by atoms with van der Waals surface area (Å²) in [5.41, 5.74) is 1.43. The number of piperazine rings is 1. The van der Waals surface area contributed by atoms with Crippen molar-refractivity contribution >= 4 is 0 Å². The summed E-state index contributed by atoms with van der Waals surface area (Å²) in [5.74, 6) is 0. The lowest BCUT2D eigenvalue weighted by Gasteiger charge is -2.45. The van der Waals surface area contributed by atoms with Crippen LogP contribution in [0.4, 0.5) is 0 Å². The maximum atomic E-state index is 4.92. The van der Waals surface area contributed by atoms with E-state index < -0.39 is 0 Å². The molecule has 0 amide bonds. The molecule has 0 aromatic carbocycles. The average Bonchev–Trinajstić information content (AvgIpc) is 2.96. The SMILES string of the molecule is CC1CNC2(CCCC2)CN1Cc1ccon1. The summed E-state index contributed by atoms with van der Waals surface area (Å²) in [5, 5.41) is 7.79. The van der Waals surface area contributed by atoms with E-state index in [-0.39, 0.29) is 0 Å². The molecule has 2 fully saturated rings. The lowest BCUT2D eigenvalue weighted by Crippen LogP contribution is -2.62. The van der Waals surface area contributed by atoms with Gasteiger partial charge in [0.15, 0.2) is 0 Å². The maximum Gasteiger partial charge on any atom is 0.124 e. The standard InChI is InChI=1S/C13H21N3O/c1-11-8-14-13(5-2-3-6-13)10-16(11)9-12-4-7-17-15-12/h4,7,11,14H,2-3,5-6,8-10H2,1H3. The van der Waals surface area contributed by atoms with E-state index in [1.165, 1.54) is 25.7 Å². The Morgan fingerprint density at radius 2 is 2.35 bits per heavy atom. The van der Waals surface area contributed by atoms with Crippen molar-refractivity contribution in [2.75, 3.05) is 13.1 Å². The van der Waals surface area contributed by atoms with E-state index in [1.54, 1.807) is 6.26 Å². The molecule has 17 heavy (non-hydrogen) atoms. The third-order valence-electron chi connectivity index (χ3n) is 4.32. The number of nitrogens with one attached hydrogen (secondary N) is 1. The zero-order chi connectivity index (χ0) is 11.7. The van der Waals surface area contributed by atoms with Crippen LogP contribution in [0, 0.1) is 0 Å². The second-order valence-corrected chi connectivity index (χ2v) is 5.61. The van der Waals surface area contributed by atoms with Gasteiger partial charge in [0.05, 0.1) is 5.69 Å². The van der Waals surface area contributed by atoms with Crippen LogP contribution in [-0.2, 0) is 6.54 Å². The molecule has 1 spiro atoms. The van der Waals surface area contributed by atoms with Crippen LogP contribution in [0.15, 0.2) is 16.9 Å². The van der Waals surface area contributed by atoms with Crippen LogP contribution in [0.25, 0.3) is 0 Å². The highest BCUT2D eigenvalue weighted by Crippen LogP contribution is 2.33. The van der Waals surface area contributed by atoms with Crippen LogP contribution >= 0.6 is 0 Å². The van der Waals surface area contributed by atoms with E-state index in [0.717, 1.165) is 25.3 Å². The van der Waals surface area contributed by atoms with Crippen molar-refractivity contribution in [3.63, 3.8) is 0 Å². The molecule has 0 radical (unpaired) electrons. The molecule has 1 aromatic heterocycles. The summed E-state index contributed by atoms with van der Waals surface area (Å²) in [4.78, 5) is 2.54. The van der Waals surface area contributed by atoms with Gasteiger partial charge < -0.3 is 9.84 Å². The van der Waals surface area contributed by atoms with Gasteiger partial charge in [0.2, 0.25) is 0 Å². The molecule has 1 aliphatic heterocycles. The second kappa shape index (κ2) is 4.42. The fourth-order valence-electron chi connectivity index (χ4n) is 3.22. The van der Waals surface area contributed by atoms with E-state index in [4.69, 9.17) is 4.52 Å². The minimum Gasteiger partial charge on any atom is -0.364 e. The van der Waals surface area contributed by atoms with E-state index in [0.29, 0.717) is 11.6 Å². The molecule has 3 rings (SSSR count). The van der Waals surface area contributed by atoms with Crippen molar-refractivity contribution in [1.82, 2.24) is 15.4 Å². The maximum absolute atomic E-state index is 4.92. The van der Waals surface area contributed by atoms with E-state index in [2.05, 4.69) is 22.3 Å². The van der Waals surface area contributed by atoms with E-state index >= 15 is 0 Å². The largest absolute Gasteiger partial charge is 0.364 e. The van der Waals surface area contributed by atoms with Crippen molar-refractivity contribution in [2.45, 2.75) is 50.7 Å². The fourth-order valence-corrected chi connectivity index (χ4v) is 3.22. The molecule has 1 aromatic rings. The highest BCUT2D eigenvalue weighted by molar-refractivity contribution is 5.03. The average molecular weight is 235 g/mol. The number of rotatable bonds is 2. The van der Waals surface area contributed by atoms with Crippen LogP contribution < -0.4 is 5.32 Å². The Morgan fingerprint density at radius 3 is 3.06 bits per heavy atom. The van der Waals surface area contributed by atoms with Gasteiger partial charge in [-0.05, 0) is 19.8 Å². The van der Waals surface area contributed by atoms with Crippen LogP contribution in [0.1, 0.15) is 38.3 Å². The van der Waals surface area contributed by atoms with Crippen LogP contribution in [0.2, 0.25) is 0 Å². The Morgan fingerprint density at radius 1 is 1.53 bits per heavy atom. The molecule has 1 atom stereocenters. The predicted octanol–water partition coefficient (Wildman–Crippen LogP) is 1.78. The highest BCUT2D eigenvalue weighted by Gasteiger charge is 2.39. The minimum atomic E-state index is 0.385. The molecule has 1 aliphatic carbocycles. The molecule has 94 valence electrons. The van der Waals surface area contributed by atoms with Crippen molar-refractivity contribution in [3.8, 4) is 0 Å². The number of hydrogen-bond donors (Lipinski definition) is 1. The number of nitrogens with zero attached hydrogens (tertiary/aromatic N) is 2. The van der Waals surface area contributed by atoms with Gasteiger partial charge in [0, 0.05) is 37.3 Å². The van der Waals surface area contributed by atoms with Crippen molar-refractivity contribution < 1.29 is 4.52 Å². The van der Waals surface area contributed by atoms with Gasteiger partial charge in [-0.15, -0.1) is 0 Å². The van der Waals surface area contributed by atoms with Gasteiger partial charge in [-0.3, -0.25) is 4.90 Å². The van der Waals surface area contributed by atoms with Crippen molar-refractivity contribution in [2.24, 2.45) is 0 Å².